The molecule has 0 rings (SSSR count). The van der Waals surface area contributed by atoms with Crippen molar-refractivity contribution in [1.82, 2.24) is 0 Å². The highest BCUT2D eigenvalue weighted by molar-refractivity contribution is 4.63. The Morgan fingerprint density at radius 1 is 0.588 bits per heavy atom. The SMILES string of the molecule is CC(N)CCCC(C)CCC(C)CCC(C)N. The van der Waals surface area contributed by atoms with E-state index in [0.717, 1.165) is 11.8 Å². The monoisotopic (exact) mass is 242 g/mol. The van der Waals surface area contributed by atoms with Gasteiger partial charge in [0.1, 0.15) is 0 Å². The Bertz CT molecular complexity index is 166. The largest absolute Gasteiger partial charge is 0.328 e. The van der Waals surface area contributed by atoms with Crippen molar-refractivity contribution in [1.29, 1.82) is 0 Å². The van der Waals surface area contributed by atoms with E-state index in [1.165, 1.54) is 44.9 Å². The number of rotatable bonds is 10. The first kappa shape index (κ1) is 16.9. The maximum atomic E-state index is 5.78. The predicted molar refractivity (Wildman–Crippen MR) is 77.9 cm³/mol. The van der Waals surface area contributed by atoms with Gasteiger partial charge >= 0.3 is 0 Å². The Hall–Kier alpha value is -0.0800. The summed E-state index contributed by atoms with van der Waals surface area (Å²) in [4.78, 5) is 0. The van der Waals surface area contributed by atoms with E-state index in [9.17, 15) is 0 Å². The molecule has 0 saturated heterocycles. The second kappa shape index (κ2) is 9.90. The van der Waals surface area contributed by atoms with Crippen LogP contribution in [0.25, 0.3) is 0 Å². The first-order chi connectivity index (χ1) is 7.91. The molecular weight excluding hydrogens is 208 g/mol. The minimum absolute atomic E-state index is 0.362. The zero-order valence-corrected chi connectivity index (χ0v) is 12.4. The van der Waals surface area contributed by atoms with Crippen LogP contribution in [0.2, 0.25) is 0 Å². The van der Waals surface area contributed by atoms with Gasteiger partial charge in [0.25, 0.3) is 0 Å². The molecule has 2 heteroatoms. The molecule has 0 saturated carbocycles. The summed E-state index contributed by atoms with van der Waals surface area (Å²) in [7, 11) is 0. The van der Waals surface area contributed by atoms with Gasteiger partial charge in [-0.2, -0.15) is 0 Å². The number of hydrogen-bond acceptors (Lipinski definition) is 2. The van der Waals surface area contributed by atoms with E-state index in [1.807, 2.05) is 0 Å². The van der Waals surface area contributed by atoms with Crippen molar-refractivity contribution in [2.24, 2.45) is 23.3 Å². The highest BCUT2D eigenvalue weighted by Crippen LogP contribution is 2.20. The summed E-state index contributed by atoms with van der Waals surface area (Å²) in [5, 5.41) is 0. The maximum absolute atomic E-state index is 5.78. The molecule has 4 N–H and O–H groups in total. The van der Waals surface area contributed by atoms with Gasteiger partial charge in [0.05, 0.1) is 0 Å². The molecule has 104 valence electrons. The molecule has 2 nitrogen and oxygen atoms in total. The third-order valence-electron chi connectivity index (χ3n) is 3.62. The number of nitrogens with two attached hydrogens (primary N) is 2. The lowest BCUT2D eigenvalue weighted by Gasteiger charge is -2.16. The fourth-order valence-electron chi connectivity index (χ4n) is 2.19. The van der Waals surface area contributed by atoms with Gasteiger partial charge in [-0.15, -0.1) is 0 Å². The fraction of sp³-hybridized carbons (Fsp3) is 1.00. The molecule has 0 bridgehead atoms. The predicted octanol–water partition coefficient (Wildman–Crippen LogP) is 3.68. The van der Waals surface area contributed by atoms with E-state index >= 15 is 0 Å². The summed E-state index contributed by atoms with van der Waals surface area (Å²) >= 11 is 0. The van der Waals surface area contributed by atoms with Crippen molar-refractivity contribution in [3.05, 3.63) is 0 Å². The van der Waals surface area contributed by atoms with Crippen LogP contribution in [0.3, 0.4) is 0 Å². The summed E-state index contributed by atoms with van der Waals surface area (Å²) in [6.07, 6.45) is 8.95. The van der Waals surface area contributed by atoms with Gasteiger partial charge in [-0.25, -0.2) is 0 Å². The average molecular weight is 242 g/mol. The highest BCUT2D eigenvalue weighted by Gasteiger charge is 2.08. The van der Waals surface area contributed by atoms with Crippen LogP contribution in [0.15, 0.2) is 0 Å². The minimum atomic E-state index is 0.362. The first-order valence-electron chi connectivity index (χ1n) is 7.43. The van der Waals surface area contributed by atoms with E-state index in [4.69, 9.17) is 11.5 Å². The molecule has 0 spiro atoms. The van der Waals surface area contributed by atoms with Gasteiger partial charge in [0.15, 0.2) is 0 Å². The smallest absolute Gasteiger partial charge is 0.00105 e. The molecule has 4 atom stereocenters. The second-order valence-corrected chi connectivity index (χ2v) is 6.25. The standard InChI is InChI=1S/C15H34N2/c1-12(6-5-7-14(3)16)8-9-13(2)10-11-15(4)17/h12-15H,5-11,16-17H2,1-4H3. The lowest BCUT2D eigenvalue weighted by Crippen LogP contribution is -2.16. The van der Waals surface area contributed by atoms with Crippen molar-refractivity contribution in [3.8, 4) is 0 Å². The molecule has 0 heterocycles. The second-order valence-electron chi connectivity index (χ2n) is 6.25. The van der Waals surface area contributed by atoms with Gasteiger partial charge < -0.3 is 11.5 Å². The lowest BCUT2D eigenvalue weighted by atomic mass is 9.91. The van der Waals surface area contributed by atoms with Crippen LogP contribution < -0.4 is 11.5 Å². The zero-order chi connectivity index (χ0) is 13.3. The Kier molecular flexibility index (Phi) is 9.85. The van der Waals surface area contributed by atoms with Crippen molar-refractivity contribution in [3.63, 3.8) is 0 Å². The summed E-state index contributed by atoms with van der Waals surface area (Å²) in [5.41, 5.74) is 11.5. The molecule has 0 aromatic heterocycles. The molecular formula is C15H34N2. The Balaban J connectivity index is 3.45. The Morgan fingerprint density at radius 3 is 1.47 bits per heavy atom. The van der Waals surface area contributed by atoms with Crippen molar-refractivity contribution < 1.29 is 0 Å². The van der Waals surface area contributed by atoms with Crippen molar-refractivity contribution in [2.45, 2.75) is 84.7 Å². The quantitative estimate of drug-likeness (QED) is 0.614. The topological polar surface area (TPSA) is 52.0 Å². The third kappa shape index (κ3) is 12.2. The molecule has 4 unspecified atom stereocenters. The van der Waals surface area contributed by atoms with Gasteiger partial charge in [0, 0.05) is 12.1 Å². The van der Waals surface area contributed by atoms with Crippen LogP contribution in [0.5, 0.6) is 0 Å². The van der Waals surface area contributed by atoms with Crippen LogP contribution >= 0.6 is 0 Å². The van der Waals surface area contributed by atoms with Crippen LogP contribution in [0.4, 0.5) is 0 Å². The highest BCUT2D eigenvalue weighted by atomic mass is 14.6. The Morgan fingerprint density at radius 2 is 1.00 bits per heavy atom. The van der Waals surface area contributed by atoms with E-state index < -0.39 is 0 Å². The summed E-state index contributed by atoms with van der Waals surface area (Å²) < 4.78 is 0. The van der Waals surface area contributed by atoms with E-state index in [1.54, 1.807) is 0 Å². The minimum Gasteiger partial charge on any atom is -0.328 e. The molecule has 0 amide bonds. The number of hydrogen-bond donors (Lipinski definition) is 2. The molecule has 17 heavy (non-hydrogen) atoms. The fourth-order valence-corrected chi connectivity index (χ4v) is 2.19. The lowest BCUT2D eigenvalue weighted by molar-refractivity contribution is 0.374. The van der Waals surface area contributed by atoms with Gasteiger partial charge in [-0.05, 0) is 44.9 Å². The van der Waals surface area contributed by atoms with E-state index in [-0.39, 0.29) is 0 Å². The molecule has 0 radical (unpaired) electrons. The summed E-state index contributed by atoms with van der Waals surface area (Å²) in [6.45, 7) is 8.93. The summed E-state index contributed by atoms with van der Waals surface area (Å²) in [6, 6.07) is 0.730. The molecule has 0 aliphatic rings. The first-order valence-corrected chi connectivity index (χ1v) is 7.43. The Labute approximate surface area is 109 Å². The third-order valence-corrected chi connectivity index (χ3v) is 3.62. The van der Waals surface area contributed by atoms with Crippen molar-refractivity contribution in [2.75, 3.05) is 0 Å². The zero-order valence-electron chi connectivity index (χ0n) is 12.4. The average Bonchev–Trinajstić information content (AvgIpc) is 2.23. The van der Waals surface area contributed by atoms with Gasteiger partial charge in [0.2, 0.25) is 0 Å². The van der Waals surface area contributed by atoms with Gasteiger partial charge in [-0.1, -0.05) is 39.5 Å². The molecule has 0 aromatic carbocycles. The molecule has 0 aliphatic carbocycles. The van der Waals surface area contributed by atoms with Crippen LogP contribution in [-0.2, 0) is 0 Å². The van der Waals surface area contributed by atoms with Gasteiger partial charge in [-0.3, -0.25) is 0 Å². The normalized spacial score (nSPS) is 18.7. The van der Waals surface area contributed by atoms with Crippen LogP contribution in [0, 0.1) is 11.8 Å². The summed E-state index contributed by atoms with van der Waals surface area (Å²) in [5.74, 6) is 1.68. The van der Waals surface area contributed by atoms with E-state index in [0.29, 0.717) is 12.1 Å². The van der Waals surface area contributed by atoms with E-state index in [2.05, 4.69) is 27.7 Å². The van der Waals surface area contributed by atoms with Crippen molar-refractivity contribution >= 4 is 0 Å². The molecule has 0 fully saturated rings. The van der Waals surface area contributed by atoms with Crippen LogP contribution in [0.1, 0.15) is 72.6 Å². The molecule has 0 aliphatic heterocycles. The van der Waals surface area contributed by atoms with Crippen LogP contribution in [-0.4, -0.2) is 12.1 Å². The molecule has 0 aromatic rings. The maximum Gasteiger partial charge on any atom is 0.00105 e.